The molecule has 0 atom stereocenters. The first-order chi connectivity index (χ1) is 14.2. The monoisotopic (exact) mass is 394 g/mol. The van der Waals surface area contributed by atoms with Crippen LogP contribution >= 0.6 is 0 Å². The number of nitrogens with zero attached hydrogens (tertiary/aromatic N) is 5. The molecular formula is C21H23FN6O. The molecule has 150 valence electrons. The second-order valence-electron chi connectivity index (χ2n) is 7.15. The summed E-state index contributed by atoms with van der Waals surface area (Å²) in [7, 11) is 0. The summed E-state index contributed by atoms with van der Waals surface area (Å²) in [6, 6.07) is 10.1. The molecule has 29 heavy (non-hydrogen) atoms. The molecule has 0 bridgehead atoms. The van der Waals surface area contributed by atoms with Crippen LogP contribution in [0.5, 0.6) is 0 Å². The van der Waals surface area contributed by atoms with Crippen molar-refractivity contribution in [2.75, 3.05) is 13.1 Å². The van der Waals surface area contributed by atoms with Gasteiger partial charge in [-0.1, -0.05) is 18.2 Å². The number of nitrogens with one attached hydrogen (secondary N) is 1. The van der Waals surface area contributed by atoms with Gasteiger partial charge in [-0.15, -0.1) is 10.2 Å². The normalized spacial score (nSPS) is 14.2. The standard InChI is InChI=1S/C21H23FN6O/c22-18-5-1-3-16(11-18)12-21(29)24-14-20-26-25-19-6-8-27(9-10-28(19)20)15-17-4-2-7-23-13-17/h1-5,7,11,13H,6,8-10,12,14-15H2,(H,24,29). The Balaban J connectivity index is 1.32. The average Bonchev–Trinajstić information content (AvgIpc) is 3.00. The molecule has 0 aliphatic carbocycles. The number of fused-ring (bicyclic) bond motifs is 1. The molecule has 0 spiro atoms. The lowest BCUT2D eigenvalue weighted by Crippen LogP contribution is -2.28. The van der Waals surface area contributed by atoms with Crippen LogP contribution in [-0.2, 0) is 37.3 Å². The molecule has 0 saturated heterocycles. The van der Waals surface area contributed by atoms with Crippen LogP contribution in [0.4, 0.5) is 4.39 Å². The van der Waals surface area contributed by atoms with E-state index in [-0.39, 0.29) is 18.1 Å². The van der Waals surface area contributed by atoms with Gasteiger partial charge in [0.25, 0.3) is 0 Å². The molecule has 1 aliphatic rings. The van der Waals surface area contributed by atoms with E-state index < -0.39 is 0 Å². The van der Waals surface area contributed by atoms with Gasteiger partial charge in [0.2, 0.25) is 5.91 Å². The van der Waals surface area contributed by atoms with E-state index in [4.69, 9.17) is 0 Å². The lowest BCUT2D eigenvalue weighted by Gasteiger charge is -2.19. The van der Waals surface area contributed by atoms with Gasteiger partial charge < -0.3 is 9.88 Å². The molecule has 4 rings (SSSR count). The highest BCUT2D eigenvalue weighted by molar-refractivity contribution is 5.78. The molecular weight excluding hydrogens is 371 g/mol. The summed E-state index contributed by atoms with van der Waals surface area (Å²) in [5.74, 6) is 1.18. The van der Waals surface area contributed by atoms with E-state index in [2.05, 4.69) is 36.0 Å². The van der Waals surface area contributed by atoms with Crippen LogP contribution in [0.3, 0.4) is 0 Å². The van der Waals surface area contributed by atoms with Crippen molar-refractivity contribution in [2.24, 2.45) is 0 Å². The minimum absolute atomic E-state index is 0.137. The summed E-state index contributed by atoms with van der Waals surface area (Å²) in [4.78, 5) is 18.8. The molecule has 2 aromatic heterocycles. The molecule has 0 radical (unpaired) electrons. The Morgan fingerprint density at radius 1 is 1.10 bits per heavy atom. The van der Waals surface area contributed by atoms with Gasteiger partial charge in [0, 0.05) is 45.0 Å². The minimum atomic E-state index is -0.339. The smallest absolute Gasteiger partial charge is 0.224 e. The molecule has 3 heterocycles. The fourth-order valence-corrected chi connectivity index (χ4v) is 3.54. The highest BCUT2D eigenvalue weighted by Gasteiger charge is 2.19. The first-order valence-electron chi connectivity index (χ1n) is 9.71. The fraction of sp³-hybridized carbons (Fsp3) is 0.333. The van der Waals surface area contributed by atoms with Crippen molar-refractivity contribution < 1.29 is 9.18 Å². The molecule has 1 aromatic carbocycles. The SMILES string of the molecule is O=C(Cc1cccc(F)c1)NCc1nnc2n1CCN(Cc1cccnc1)CC2. The summed E-state index contributed by atoms with van der Waals surface area (Å²) in [6.45, 7) is 3.72. The van der Waals surface area contributed by atoms with Crippen molar-refractivity contribution in [1.29, 1.82) is 0 Å². The summed E-state index contributed by atoms with van der Waals surface area (Å²) in [5, 5.41) is 11.4. The number of amides is 1. The van der Waals surface area contributed by atoms with E-state index >= 15 is 0 Å². The third-order valence-electron chi connectivity index (χ3n) is 5.02. The quantitative estimate of drug-likeness (QED) is 0.689. The van der Waals surface area contributed by atoms with Gasteiger partial charge in [-0.05, 0) is 29.3 Å². The number of pyridine rings is 1. The van der Waals surface area contributed by atoms with Gasteiger partial charge in [-0.25, -0.2) is 4.39 Å². The van der Waals surface area contributed by atoms with Gasteiger partial charge in [0.15, 0.2) is 5.82 Å². The molecule has 0 unspecified atom stereocenters. The van der Waals surface area contributed by atoms with E-state index in [1.807, 2.05) is 12.3 Å². The van der Waals surface area contributed by atoms with Crippen LogP contribution in [0.1, 0.15) is 22.8 Å². The maximum Gasteiger partial charge on any atom is 0.224 e. The number of carbonyl (C=O) groups is 1. The molecule has 8 heteroatoms. The number of rotatable bonds is 6. The summed E-state index contributed by atoms with van der Waals surface area (Å²) in [6.07, 6.45) is 4.62. The lowest BCUT2D eigenvalue weighted by molar-refractivity contribution is -0.120. The lowest BCUT2D eigenvalue weighted by atomic mass is 10.1. The Bertz CT molecular complexity index is 974. The first-order valence-corrected chi connectivity index (χ1v) is 9.71. The highest BCUT2D eigenvalue weighted by atomic mass is 19.1. The van der Waals surface area contributed by atoms with Gasteiger partial charge in [-0.3, -0.25) is 14.7 Å². The highest BCUT2D eigenvalue weighted by Crippen LogP contribution is 2.12. The van der Waals surface area contributed by atoms with Crippen LogP contribution in [-0.4, -0.2) is 43.6 Å². The zero-order valence-corrected chi connectivity index (χ0v) is 16.1. The zero-order chi connectivity index (χ0) is 20.1. The van der Waals surface area contributed by atoms with Gasteiger partial charge in [0.05, 0.1) is 13.0 Å². The molecule has 7 nitrogen and oxygen atoms in total. The topological polar surface area (TPSA) is 75.9 Å². The minimum Gasteiger partial charge on any atom is -0.349 e. The Labute approximate surface area is 168 Å². The fourth-order valence-electron chi connectivity index (χ4n) is 3.54. The summed E-state index contributed by atoms with van der Waals surface area (Å²) >= 11 is 0. The molecule has 1 N–H and O–H groups in total. The number of carbonyl (C=O) groups excluding carboxylic acids is 1. The number of aromatic nitrogens is 4. The Morgan fingerprint density at radius 2 is 2.00 bits per heavy atom. The van der Waals surface area contributed by atoms with Crippen molar-refractivity contribution in [1.82, 2.24) is 30.0 Å². The van der Waals surface area contributed by atoms with Gasteiger partial charge in [-0.2, -0.15) is 0 Å². The van der Waals surface area contributed by atoms with E-state index in [1.54, 1.807) is 18.3 Å². The van der Waals surface area contributed by atoms with E-state index in [9.17, 15) is 9.18 Å². The van der Waals surface area contributed by atoms with Crippen molar-refractivity contribution in [2.45, 2.75) is 32.5 Å². The van der Waals surface area contributed by atoms with Crippen molar-refractivity contribution in [3.8, 4) is 0 Å². The molecule has 1 aliphatic heterocycles. The average molecular weight is 394 g/mol. The second-order valence-corrected chi connectivity index (χ2v) is 7.15. The maximum atomic E-state index is 13.3. The number of hydrogen-bond acceptors (Lipinski definition) is 5. The molecule has 3 aromatic rings. The molecule has 1 amide bonds. The Morgan fingerprint density at radius 3 is 2.83 bits per heavy atom. The van der Waals surface area contributed by atoms with Crippen LogP contribution in [0.25, 0.3) is 0 Å². The van der Waals surface area contributed by atoms with Crippen LogP contribution < -0.4 is 5.32 Å². The zero-order valence-electron chi connectivity index (χ0n) is 16.1. The Hall–Kier alpha value is -3.13. The molecule has 0 fully saturated rings. The third kappa shape index (κ3) is 5.03. The van der Waals surface area contributed by atoms with E-state index in [1.165, 1.54) is 17.7 Å². The maximum absolute atomic E-state index is 13.3. The van der Waals surface area contributed by atoms with Crippen molar-refractivity contribution >= 4 is 5.91 Å². The van der Waals surface area contributed by atoms with Crippen molar-refractivity contribution in [3.63, 3.8) is 0 Å². The second kappa shape index (κ2) is 8.91. The Kier molecular flexibility index (Phi) is 5.90. The van der Waals surface area contributed by atoms with Crippen molar-refractivity contribution in [3.05, 3.63) is 77.4 Å². The number of halogens is 1. The summed E-state index contributed by atoms with van der Waals surface area (Å²) < 4.78 is 15.4. The predicted octanol–water partition coefficient (Wildman–Crippen LogP) is 1.73. The number of benzene rings is 1. The van der Waals surface area contributed by atoms with Gasteiger partial charge in [0.1, 0.15) is 11.6 Å². The third-order valence-corrected chi connectivity index (χ3v) is 5.02. The van der Waals surface area contributed by atoms with Crippen LogP contribution in [0.15, 0.2) is 48.8 Å². The van der Waals surface area contributed by atoms with Crippen LogP contribution in [0.2, 0.25) is 0 Å². The van der Waals surface area contributed by atoms with Gasteiger partial charge >= 0.3 is 0 Å². The van der Waals surface area contributed by atoms with E-state index in [0.717, 1.165) is 44.2 Å². The first kappa shape index (κ1) is 19.2. The van der Waals surface area contributed by atoms with Crippen LogP contribution in [0, 0.1) is 5.82 Å². The molecule has 0 saturated carbocycles. The number of hydrogen-bond donors (Lipinski definition) is 1. The predicted molar refractivity (Wildman–Crippen MR) is 105 cm³/mol. The summed E-state index contributed by atoms with van der Waals surface area (Å²) in [5.41, 5.74) is 1.84. The largest absolute Gasteiger partial charge is 0.349 e. The van der Waals surface area contributed by atoms with E-state index in [0.29, 0.717) is 12.1 Å².